The maximum atomic E-state index is 13.5. The number of aromatic nitrogens is 1. The van der Waals surface area contributed by atoms with E-state index in [4.69, 9.17) is 5.73 Å². The second kappa shape index (κ2) is 11.8. The standard InChI is InChI=1S/C25H33N5O6/c1-15(31)30-11-5-8-21(30)25(35)29(2)20(9-10-23(26)33)22(32)13-16(24(34)28-36)12-17-14-27-19-7-4-3-6-18(17)19/h3-4,6-7,14,16,20-21,27,36H,5,8-13H2,1-2H3,(H2,26,33)(H,28,34)/t16-,20+,21+/m1/s1. The third-order valence-electron chi connectivity index (χ3n) is 6.86. The Morgan fingerprint density at radius 2 is 1.97 bits per heavy atom. The molecule has 194 valence electrons. The number of benzene rings is 1. The number of carbonyl (C=O) groups excluding carboxylic acids is 5. The van der Waals surface area contributed by atoms with Crippen molar-refractivity contribution in [2.75, 3.05) is 13.6 Å². The maximum absolute atomic E-state index is 13.5. The first kappa shape index (κ1) is 26.9. The fourth-order valence-electron chi connectivity index (χ4n) is 4.93. The van der Waals surface area contributed by atoms with E-state index in [1.54, 1.807) is 11.7 Å². The van der Waals surface area contributed by atoms with Gasteiger partial charge in [-0.1, -0.05) is 18.2 Å². The summed E-state index contributed by atoms with van der Waals surface area (Å²) >= 11 is 0. The van der Waals surface area contributed by atoms with Crippen molar-refractivity contribution in [1.29, 1.82) is 0 Å². The molecule has 0 radical (unpaired) electrons. The van der Waals surface area contributed by atoms with E-state index in [-0.39, 0.29) is 31.6 Å². The summed E-state index contributed by atoms with van der Waals surface area (Å²) in [6.07, 6.45) is 2.67. The number of H-pyrrole nitrogens is 1. The van der Waals surface area contributed by atoms with Gasteiger partial charge in [-0.15, -0.1) is 0 Å². The van der Waals surface area contributed by atoms with Gasteiger partial charge in [0.1, 0.15) is 6.04 Å². The lowest BCUT2D eigenvalue weighted by molar-refractivity contribution is -0.146. The highest BCUT2D eigenvalue weighted by atomic mass is 16.5. The summed E-state index contributed by atoms with van der Waals surface area (Å²) in [6, 6.07) is 5.81. The number of carbonyl (C=O) groups is 5. The fraction of sp³-hybridized carbons (Fsp3) is 0.480. The van der Waals surface area contributed by atoms with Crippen LogP contribution in [-0.2, 0) is 30.4 Å². The summed E-state index contributed by atoms with van der Waals surface area (Å²) in [6.45, 7) is 1.85. The largest absolute Gasteiger partial charge is 0.370 e. The minimum absolute atomic E-state index is 0.0102. The Kier molecular flexibility index (Phi) is 8.81. The molecule has 0 unspecified atom stereocenters. The highest BCUT2D eigenvalue weighted by Gasteiger charge is 2.38. The van der Waals surface area contributed by atoms with E-state index < -0.39 is 41.5 Å². The molecule has 1 aliphatic rings. The van der Waals surface area contributed by atoms with Crippen LogP contribution in [0.15, 0.2) is 30.5 Å². The van der Waals surface area contributed by atoms with E-state index in [0.29, 0.717) is 19.4 Å². The minimum Gasteiger partial charge on any atom is -0.370 e. The molecule has 2 heterocycles. The molecule has 11 heteroatoms. The van der Waals surface area contributed by atoms with Crippen LogP contribution < -0.4 is 11.2 Å². The number of fused-ring (bicyclic) bond motifs is 1. The van der Waals surface area contributed by atoms with Gasteiger partial charge >= 0.3 is 0 Å². The number of rotatable bonds is 11. The van der Waals surface area contributed by atoms with Crippen LogP contribution in [0.3, 0.4) is 0 Å². The molecule has 2 aromatic rings. The molecule has 36 heavy (non-hydrogen) atoms. The number of hydrogen-bond acceptors (Lipinski definition) is 6. The van der Waals surface area contributed by atoms with Crippen molar-refractivity contribution in [3.8, 4) is 0 Å². The number of nitrogens with zero attached hydrogens (tertiary/aromatic N) is 2. The lowest BCUT2D eigenvalue weighted by atomic mass is 9.89. The Hall–Kier alpha value is -3.73. The Labute approximate surface area is 208 Å². The van der Waals surface area contributed by atoms with Gasteiger partial charge in [0, 0.05) is 50.5 Å². The van der Waals surface area contributed by atoms with Crippen LogP contribution in [0, 0.1) is 5.92 Å². The monoisotopic (exact) mass is 499 g/mol. The molecule has 3 rings (SSSR count). The number of likely N-dealkylation sites (N-methyl/N-ethyl adjacent to an activating group) is 1. The van der Waals surface area contributed by atoms with Crippen LogP contribution in [-0.4, -0.2) is 75.1 Å². The summed E-state index contributed by atoms with van der Waals surface area (Å²) < 4.78 is 0. The zero-order chi connectivity index (χ0) is 26.4. The van der Waals surface area contributed by atoms with Gasteiger partial charge in [0.25, 0.3) is 0 Å². The van der Waals surface area contributed by atoms with E-state index in [9.17, 15) is 29.2 Å². The number of aromatic amines is 1. The van der Waals surface area contributed by atoms with Crippen LogP contribution >= 0.6 is 0 Å². The van der Waals surface area contributed by atoms with Gasteiger partial charge in [0.2, 0.25) is 23.6 Å². The number of hydroxylamine groups is 1. The summed E-state index contributed by atoms with van der Waals surface area (Å²) in [5.74, 6) is -3.32. The molecular weight excluding hydrogens is 466 g/mol. The molecule has 1 aliphatic heterocycles. The number of ketones is 1. The normalized spacial score (nSPS) is 17.0. The molecule has 5 N–H and O–H groups in total. The van der Waals surface area contributed by atoms with Crippen LogP contribution in [0.1, 0.15) is 44.6 Å². The summed E-state index contributed by atoms with van der Waals surface area (Å²) in [7, 11) is 1.46. The van der Waals surface area contributed by atoms with Gasteiger partial charge in [0.15, 0.2) is 5.78 Å². The number of para-hydroxylation sites is 1. The van der Waals surface area contributed by atoms with Crippen LogP contribution in [0.4, 0.5) is 0 Å². The van der Waals surface area contributed by atoms with Crippen LogP contribution in [0.5, 0.6) is 0 Å². The van der Waals surface area contributed by atoms with E-state index in [1.807, 2.05) is 24.3 Å². The number of Topliss-reactive ketones (excluding diaryl/α,β-unsaturated/α-hetero) is 1. The van der Waals surface area contributed by atoms with E-state index in [0.717, 1.165) is 16.5 Å². The van der Waals surface area contributed by atoms with Crippen LogP contribution in [0.25, 0.3) is 10.9 Å². The molecule has 1 saturated heterocycles. The van der Waals surface area contributed by atoms with Crippen LogP contribution in [0.2, 0.25) is 0 Å². The zero-order valence-corrected chi connectivity index (χ0v) is 20.5. The molecule has 3 atom stereocenters. The quantitative estimate of drug-likeness (QED) is 0.265. The highest BCUT2D eigenvalue weighted by molar-refractivity contribution is 5.95. The van der Waals surface area contributed by atoms with E-state index >= 15 is 0 Å². The van der Waals surface area contributed by atoms with Gasteiger partial charge in [-0.25, -0.2) is 5.48 Å². The molecule has 0 saturated carbocycles. The molecular formula is C25H33N5O6. The molecule has 0 bridgehead atoms. The first-order valence-electron chi connectivity index (χ1n) is 12.0. The average Bonchev–Trinajstić information content (AvgIpc) is 3.50. The lowest BCUT2D eigenvalue weighted by Gasteiger charge is -2.32. The summed E-state index contributed by atoms with van der Waals surface area (Å²) in [5, 5.41) is 10.2. The Morgan fingerprint density at radius 3 is 2.64 bits per heavy atom. The minimum atomic E-state index is -1.02. The first-order valence-corrected chi connectivity index (χ1v) is 12.0. The van der Waals surface area contributed by atoms with Crippen molar-refractivity contribution in [3.05, 3.63) is 36.0 Å². The Balaban J connectivity index is 1.81. The summed E-state index contributed by atoms with van der Waals surface area (Å²) in [4.78, 5) is 68.5. The molecule has 0 aliphatic carbocycles. The van der Waals surface area contributed by atoms with Gasteiger partial charge in [0.05, 0.1) is 12.0 Å². The zero-order valence-electron chi connectivity index (χ0n) is 20.5. The molecule has 11 nitrogen and oxygen atoms in total. The van der Waals surface area contributed by atoms with Crippen molar-refractivity contribution < 1.29 is 29.2 Å². The SMILES string of the molecule is CC(=O)N1CCC[C@H]1C(=O)N(C)[C@@H](CCC(N)=O)C(=O)C[C@@H](Cc1c[nH]c2ccccc12)C(=O)NO. The Bertz CT molecular complexity index is 1140. The van der Waals surface area contributed by atoms with Gasteiger partial charge < -0.3 is 20.5 Å². The predicted octanol–water partition coefficient (Wildman–Crippen LogP) is 0.895. The number of primary amides is 1. The second-order valence-electron chi connectivity index (χ2n) is 9.25. The van der Waals surface area contributed by atoms with Crippen molar-refractivity contribution in [1.82, 2.24) is 20.3 Å². The number of nitrogens with two attached hydrogens (primary N) is 1. The smallest absolute Gasteiger partial charge is 0.247 e. The first-order chi connectivity index (χ1) is 17.1. The number of nitrogens with one attached hydrogen (secondary N) is 2. The highest BCUT2D eigenvalue weighted by Crippen LogP contribution is 2.25. The number of hydrogen-bond donors (Lipinski definition) is 4. The summed E-state index contributed by atoms with van der Waals surface area (Å²) in [5.41, 5.74) is 8.62. The Morgan fingerprint density at radius 1 is 1.25 bits per heavy atom. The van der Waals surface area contributed by atoms with Gasteiger partial charge in [-0.3, -0.25) is 29.2 Å². The molecule has 4 amide bonds. The van der Waals surface area contributed by atoms with Crippen molar-refractivity contribution in [2.24, 2.45) is 11.7 Å². The topological polar surface area (TPSA) is 166 Å². The van der Waals surface area contributed by atoms with Crippen molar-refractivity contribution >= 4 is 40.3 Å². The van der Waals surface area contributed by atoms with Gasteiger partial charge in [-0.2, -0.15) is 0 Å². The molecule has 1 aromatic carbocycles. The lowest BCUT2D eigenvalue weighted by Crippen LogP contribution is -2.52. The van der Waals surface area contributed by atoms with Crippen molar-refractivity contribution in [3.63, 3.8) is 0 Å². The molecule has 1 fully saturated rings. The number of amides is 4. The third-order valence-corrected chi connectivity index (χ3v) is 6.86. The number of likely N-dealkylation sites (tertiary alicyclic amines) is 1. The fourth-order valence-corrected chi connectivity index (χ4v) is 4.93. The van der Waals surface area contributed by atoms with Gasteiger partial charge in [-0.05, 0) is 37.3 Å². The third kappa shape index (κ3) is 6.09. The van der Waals surface area contributed by atoms with E-state index in [1.165, 1.54) is 23.8 Å². The second-order valence-corrected chi connectivity index (χ2v) is 9.25. The van der Waals surface area contributed by atoms with E-state index in [2.05, 4.69) is 4.98 Å². The predicted molar refractivity (Wildman–Crippen MR) is 130 cm³/mol. The molecule has 1 aromatic heterocycles. The van der Waals surface area contributed by atoms with Crippen molar-refractivity contribution in [2.45, 2.75) is 57.5 Å². The molecule has 0 spiro atoms. The maximum Gasteiger partial charge on any atom is 0.247 e. The average molecular weight is 500 g/mol.